The molecule has 0 N–H and O–H groups in total. The molecule has 4 rings (SSSR count). The number of nitrogens with zero attached hydrogens (tertiary/aromatic N) is 4. The fraction of sp³-hybridized carbons (Fsp3) is 0.136. The van der Waals surface area contributed by atoms with E-state index in [4.69, 9.17) is 0 Å². The van der Waals surface area contributed by atoms with Gasteiger partial charge in [0.25, 0.3) is 17.1 Å². The Morgan fingerprint density at radius 3 is 2.12 bits per heavy atom. The van der Waals surface area contributed by atoms with Crippen molar-refractivity contribution in [1.82, 2.24) is 0 Å². The van der Waals surface area contributed by atoms with Gasteiger partial charge in [-0.05, 0) is 43.2 Å². The van der Waals surface area contributed by atoms with Crippen molar-refractivity contribution in [2.24, 2.45) is 4.99 Å². The smallest absolute Gasteiger partial charge is 0.258 e. The van der Waals surface area contributed by atoms with E-state index in [1.807, 2.05) is 0 Å². The van der Waals surface area contributed by atoms with Crippen LogP contribution < -0.4 is 0 Å². The molecule has 0 amide bonds. The fourth-order valence-corrected chi connectivity index (χ4v) is 3.95. The van der Waals surface area contributed by atoms with E-state index < -0.39 is 32.0 Å². The first-order chi connectivity index (χ1) is 15.6. The summed E-state index contributed by atoms with van der Waals surface area (Å²) in [6, 6.07) is 8.65. The zero-order valence-corrected chi connectivity index (χ0v) is 17.4. The molecule has 0 fully saturated rings. The van der Waals surface area contributed by atoms with Crippen molar-refractivity contribution in [2.75, 3.05) is 0 Å². The van der Waals surface area contributed by atoms with E-state index in [1.54, 1.807) is 13.8 Å². The number of nitro benzene ring substituents is 3. The zero-order chi connectivity index (χ0) is 24.0. The summed E-state index contributed by atoms with van der Waals surface area (Å²) in [5, 5.41) is 34.9. The Labute approximate surface area is 185 Å². The molecule has 33 heavy (non-hydrogen) atoms. The topological polar surface area (TPSA) is 142 Å². The minimum Gasteiger partial charge on any atom is -0.258 e. The Kier molecular flexibility index (Phi) is 5.16. The molecule has 0 bridgehead atoms. The summed E-state index contributed by atoms with van der Waals surface area (Å²) < 4.78 is 13.6. The van der Waals surface area contributed by atoms with Crippen LogP contribution in [0, 0.1) is 43.1 Å². The van der Waals surface area contributed by atoms with Crippen molar-refractivity contribution < 1.29 is 19.2 Å². The maximum atomic E-state index is 13.6. The van der Waals surface area contributed by atoms with Crippen LogP contribution in [0.1, 0.15) is 29.2 Å². The molecular formula is C22H15FN4O6. The number of benzene rings is 3. The minimum absolute atomic E-state index is 0.0184. The first kappa shape index (κ1) is 21.7. The van der Waals surface area contributed by atoms with Gasteiger partial charge in [0.05, 0.1) is 37.8 Å². The Morgan fingerprint density at radius 1 is 0.848 bits per heavy atom. The van der Waals surface area contributed by atoms with Crippen LogP contribution in [0.3, 0.4) is 0 Å². The van der Waals surface area contributed by atoms with Gasteiger partial charge in [0.1, 0.15) is 5.82 Å². The number of non-ortho nitro benzene ring substituents is 1. The molecule has 0 saturated heterocycles. The van der Waals surface area contributed by atoms with Gasteiger partial charge in [-0.25, -0.2) is 9.38 Å². The lowest BCUT2D eigenvalue weighted by Crippen LogP contribution is -2.02. The van der Waals surface area contributed by atoms with Gasteiger partial charge < -0.3 is 0 Å². The van der Waals surface area contributed by atoms with E-state index in [0.29, 0.717) is 28.8 Å². The summed E-state index contributed by atoms with van der Waals surface area (Å²) in [5.74, 6) is -0.473. The van der Waals surface area contributed by atoms with E-state index in [2.05, 4.69) is 4.99 Å². The minimum atomic E-state index is -0.763. The number of fused-ring (bicyclic) bond motifs is 3. The van der Waals surface area contributed by atoms with Crippen LogP contribution in [0.2, 0.25) is 0 Å². The maximum absolute atomic E-state index is 13.6. The van der Waals surface area contributed by atoms with Crippen LogP contribution in [-0.4, -0.2) is 20.5 Å². The highest BCUT2D eigenvalue weighted by molar-refractivity contribution is 6.27. The van der Waals surface area contributed by atoms with Crippen LogP contribution >= 0.6 is 0 Å². The second-order valence-corrected chi connectivity index (χ2v) is 7.43. The Hall–Kier alpha value is -4.54. The number of aliphatic imine (C=N–C) groups is 1. The number of hydrogen-bond donors (Lipinski definition) is 0. The SMILES string of the molecule is CCc1cc2c(cc1[N+](=O)[O-])-c1c(cc([N+](=O)[O-])cc1[N+](=O)[O-])C2=Nc1ccc(F)cc1C. The normalized spacial score (nSPS) is 13.0. The van der Waals surface area contributed by atoms with E-state index >= 15 is 0 Å². The molecule has 3 aromatic carbocycles. The zero-order valence-electron chi connectivity index (χ0n) is 17.4. The van der Waals surface area contributed by atoms with Crippen molar-refractivity contribution in [3.05, 3.63) is 101 Å². The van der Waals surface area contributed by atoms with Crippen molar-refractivity contribution in [3.63, 3.8) is 0 Å². The maximum Gasteiger partial charge on any atom is 0.284 e. The molecule has 0 unspecified atom stereocenters. The molecule has 0 saturated carbocycles. The second kappa shape index (κ2) is 7.86. The van der Waals surface area contributed by atoms with Crippen molar-refractivity contribution >= 4 is 28.5 Å². The molecule has 0 aliphatic heterocycles. The number of nitro groups is 3. The summed E-state index contributed by atoms with van der Waals surface area (Å²) in [6.45, 7) is 3.35. The van der Waals surface area contributed by atoms with Crippen molar-refractivity contribution in [2.45, 2.75) is 20.3 Å². The molecular weight excluding hydrogens is 435 g/mol. The Morgan fingerprint density at radius 2 is 1.55 bits per heavy atom. The third kappa shape index (κ3) is 3.59. The van der Waals surface area contributed by atoms with Gasteiger partial charge in [0, 0.05) is 34.4 Å². The van der Waals surface area contributed by atoms with Gasteiger partial charge in [-0.15, -0.1) is 0 Å². The summed E-state index contributed by atoms with van der Waals surface area (Å²) in [4.78, 5) is 37.4. The monoisotopic (exact) mass is 450 g/mol. The lowest BCUT2D eigenvalue weighted by molar-refractivity contribution is -0.393. The van der Waals surface area contributed by atoms with Gasteiger partial charge in [0.2, 0.25) is 0 Å². The average Bonchev–Trinajstić information content (AvgIpc) is 3.06. The third-order valence-corrected chi connectivity index (χ3v) is 5.48. The first-order valence-corrected chi connectivity index (χ1v) is 9.76. The van der Waals surface area contributed by atoms with Gasteiger partial charge in [-0.1, -0.05) is 6.92 Å². The average molecular weight is 450 g/mol. The van der Waals surface area contributed by atoms with Crippen molar-refractivity contribution in [3.8, 4) is 11.1 Å². The highest BCUT2D eigenvalue weighted by Gasteiger charge is 2.37. The molecule has 0 heterocycles. The fourth-order valence-electron chi connectivity index (χ4n) is 3.95. The number of rotatable bonds is 5. The third-order valence-electron chi connectivity index (χ3n) is 5.48. The number of halogens is 1. The molecule has 0 atom stereocenters. The largest absolute Gasteiger partial charge is 0.284 e. The van der Waals surface area contributed by atoms with E-state index in [9.17, 15) is 34.7 Å². The van der Waals surface area contributed by atoms with Crippen LogP contribution in [0.25, 0.3) is 11.1 Å². The van der Waals surface area contributed by atoms with Gasteiger partial charge >= 0.3 is 0 Å². The molecule has 1 aliphatic rings. The molecule has 10 nitrogen and oxygen atoms in total. The van der Waals surface area contributed by atoms with E-state index in [0.717, 1.165) is 12.1 Å². The molecule has 0 aromatic heterocycles. The van der Waals surface area contributed by atoms with Crippen LogP contribution in [-0.2, 0) is 6.42 Å². The summed E-state index contributed by atoms with van der Waals surface area (Å²) >= 11 is 0. The molecule has 3 aromatic rings. The second-order valence-electron chi connectivity index (χ2n) is 7.43. The first-order valence-electron chi connectivity index (χ1n) is 9.76. The number of aryl methyl sites for hydroxylation is 2. The van der Waals surface area contributed by atoms with E-state index in [1.165, 1.54) is 30.3 Å². The lowest BCUT2D eigenvalue weighted by atomic mass is 9.99. The lowest BCUT2D eigenvalue weighted by Gasteiger charge is -2.07. The predicted molar refractivity (Wildman–Crippen MR) is 118 cm³/mol. The van der Waals surface area contributed by atoms with Crippen LogP contribution in [0.4, 0.5) is 27.1 Å². The van der Waals surface area contributed by atoms with Gasteiger partial charge in [-0.3, -0.25) is 30.3 Å². The van der Waals surface area contributed by atoms with Crippen molar-refractivity contribution in [1.29, 1.82) is 0 Å². The Balaban J connectivity index is 2.14. The van der Waals surface area contributed by atoms with E-state index in [-0.39, 0.29) is 28.1 Å². The highest BCUT2D eigenvalue weighted by Crippen LogP contribution is 2.47. The van der Waals surface area contributed by atoms with Gasteiger partial charge in [-0.2, -0.15) is 0 Å². The highest BCUT2D eigenvalue weighted by atomic mass is 19.1. The van der Waals surface area contributed by atoms with Crippen LogP contribution in [0.15, 0.2) is 47.5 Å². The molecule has 166 valence electrons. The quantitative estimate of drug-likeness (QED) is 0.287. The number of hydrogen-bond acceptors (Lipinski definition) is 7. The summed E-state index contributed by atoms with van der Waals surface area (Å²) in [5.41, 5.74) is 0.816. The van der Waals surface area contributed by atoms with Crippen LogP contribution in [0.5, 0.6) is 0 Å². The summed E-state index contributed by atoms with van der Waals surface area (Å²) in [7, 11) is 0. The Bertz CT molecular complexity index is 1420. The standard InChI is InChI=1S/C22H15FN4O6/c1-3-12-7-16-15(10-19(12)26(30)31)21-17(8-14(25(28)29)9-20(21)27(32)33)22(16)24-18-5-4-13(23)6-11(18)2/h4-10H,3H2,1-2H3. The summed E-state index contributed by atoms with van der Waals surface area (Å²) in [6.07, 6.45) is 0.311. The molecule has 0 radical (unpaired) electrons. The molecule has 1 aliphatic carbocycles. The molecule has 0 spiro atoms. The molecule has 11 heteroatoms. The van der Waals surface area contributed by atoms with Gasteiger partial charge in [0.15, 0.2) is 0 Å². The predicted octanol–water partition coefficient (Wildman–Crippen LogP) is 5.57.